The first-order chi connectivity index (χ1) is 11.8. The van der Waals surface area contributed by atoms with Crippen molar-refractivity contribution in [3.63, 3.8) is 0 Å². The Hall–Kier alpha value is -2.50. The summed E-state index contributed by atoms with van der Waals surface area (Å²) >= 11 is 0. The molecule has 0 aliphatic carbocycles. The van der Waals surface area contributed by atoms with Crippen molar-refractivity contribution >= 4 is 5.91 Å². The maximum absolute atomic E-state index is 12.7. The highest BCUT2D eigenvalue weighted by Gasteiger charge is 2.30. The van der Waals surface area contributed by atoms with Gasteiger partial charge in [-0.05, 0) is 55.8 Å². The Balaban J connectivity index is 2.25. The minimum atomic E-state index is -4.42. The van der Waals surface area contributed by atoms with E-state index in [-0.39, 0.29) is 17.5 Å². The summed E-state index contributed by atoms with van der Waals surface area (Å²) in [7, 11) is 1.56. The van der Waals surface area contributed by atoms with Crippen molar-refractivity contribution in [1.82, 2.24) is 4.90 Å². The van der Waals surface area contributed by atoms with E-state index in [4.69, 9.17) is 4.74 Å². The number of methoxy groups -OCH3 is 1. The van der Waals surface area contributed by atoms with Gasteiger partial charge < -0.3 is 9.64 Å². The molecule has 3 nitrogen and oxygen atoms in total. The van der Waals surface area contributed by atoms with Gasteiger partial charge in [0.1, 0.15) is 5.75 Å². The minimum absolute atomic E-state index is 0.226. The summed E-state index contributed by atoms with van der Waals surface area (Å²) in [6.45, 7) is 4.14. The van der Waals surface area contributed by atoms with Gasteiger partial charge in [0, 0.05) is 12.1 Å². The molecule has 0 saturated carbocycles. The number of ether oxygens (including phenoxy) is 1. The van der Waals surface area contributed by atoms with E-state index >= 15 is 0 Å². The highest BCUT2D eigenvalue weighted by Crippen LogP contribution is 2.30. The van der Waals surface area contributed by atoms with E-state index in [2.05, 4.69) is 0 Å². The van der Waals surface area contributed by atoms with Gasteiger partial charge in [-0.25, -0.2) is 0 Å². The molecule has 2 rings (SSSR count). The lowest BCUT2D eigenvalue weighted by atomic mass is 10.0. The van der Waals surface area contributed by atoms with Crippen LogP contribution in [0.25, 0.3) is 0 Å². The minimum Gasteiger partial charge on any atom is -0.497 e. The van der Waals surface area contributed by atoms with Crippen LogP contribution in [0.3, 0.4) is 0 Å². The highest BCUT2D eigenvalue weighted by atomic mass is 19.4. The fraction of sp³-hybridized carbons (Fsp3) is 0.316. The molecule has 0 heterocycles. The van der Waals surface area contributed by atoms with Crippen LogP contribution >= 0.6 is 0 Å². The van der Waals surface area contributed by atoms with Crippen LogP contribution in [0.1, 0.15) is 41.4 Å². The first-order valence-corrected chi connectivity index (χ1v) is 7.90. The summed E-state index contributed by atoms with van der Waals surface area (Å²) in [5.74, 6) is 0.369. The Bertz CT molecular complexity index is 726. The number of nitrogens with zero attached hydrogens (tertiary/aromatic N) is 1. The van der Waals surface area contributed by atoms with Crippen LogP contribution in [0.2, 0.25) is 0 Å². The van der Waals surface area contributed by atoms with Crippen molar-refractivity contribution in [2.45, 2.75) is 26.1 Å². The van der Waals surface area contributed by atoms with E-state index in [0.717, 1.165) is 17.7 Å². The standard InChI is InChI=1S/C19H20F3NO2/c1-4-23(13(2)15-6-5-7-17(12-15)25-3)18(24)14-8-10-16(11-9-14)19(20,21)22/h5-13H,4H2,1-3H3. The van der Waals surface area contributed by atoms with Gasteiger partial charge in [-0.3, -0.25) is 4.79 Å². The number of halogens is 3. The van der Waals surface area contributed by atoms with Gasteiger partial charge in [-0.2, -0.15) is 13.2 Å². The molecule has 1 atom stereocenters. The number of benzene rings is 2. The Morgan fingerprint density at radius 1 is 1.16 bits per heavy atom. The molecule has 25 heavy (non-hydrogen) atoms. The molecular weight excluding hydrogens is 331 g/mol. The molecule has 0 bridgehead atoms. The zero-order valence-electron chi connectivity index (χ0n) is 14.3. The normalized spacial score (nSPS) is 12.6. The number of amides is 1. The Labute approximate surface area is 145 Å². The zero-order valence-corrected chi connectivity index (χ0v) is 14.3. The monoisotopic (exact) mass is 351 g/mol. The highest BCUT2D eigenvalue weighted by molar-refractivity contribution is 5.94. The molecule has 0 fully saturated rings. The summed E-state index contributed by atoms with van der Waals surface area (Å²) < 4.78 is 43.2. The van der Waals surface area contributed by atoms with Crippen molar-refractivity contribution in [3.05, 3.63) is 65.2 Å². The second-order valence-corrected chi connectivity index (χ2v) is 5.62. The number of carbonyl (C=O) groups is 1. The smallest absolute Gasteiger partial charge is 0.416 e. The third-order valence-electron chi connectivity index (χ3n) is 4.10. The molecule has 0 aromatic heterocycles. The molecule has 6 heteroatoms. The van der Waals surface area contributed by atoms with E-state index in [1.54, 1.807) is 12.0 Å². The second kappa shape index (κ2) is 7.59. The lowest BCUT2D eigenvalue weighted by Gasteiger charge is -2.29. The van der Waals surface area contributed by atoms with E-state index in [0.29, 0.717) is 12.3 Å². The quantitative estimate of drug-likeness (QED) is 0.764. The van der Waals surface area contributed by atoms with Gasteiger partial charge in [0.05, 0.1) is 18.7 Å². The molecule has 0 N–H and O–H groups in total. The van der Waals surface area contributed by atoms with Crippen molar-refractivity contribution in [2.75, 3.05) is 13.7 Å². The van der Waals surface area contributed by atoms with Crippen LogP contribution in [0.5, 0.6) is 5.75 Å². The molecule has 134 valence electrons. The predicted octanol–water partition coefficient (Wildman–Crippen LogP) is 4.94. The average molecular weight is 351 g/mol. The van der Waals surface area contributed by atoms with Gasteiger partial charge >= 0.3 is 6.18 Å². The van der Waals surface area contributed by atoms with Gasteiger partial charge in [-0.1, -0.05) is 12.1 Å². The van der Waals surface area contributed by atoms with E-state index < -0.39 is 11.7 Å². The third kappa shape index (κ3) is 4.32. The van der Waals surface area contributed by atoms with Crippen LogP contribution in [0, 0.1) is 0 Å². The first-order valence-electron chi connectivity index (χ1n) is 7.90. The zero-order chi connectivity index (χ0) is 18.6. The van der Waals surface area contributed by atoms with Crippen LogP contribution < -0.4 is 4.74 Å². The maximum Gasteiger partial charge on any atom is 0.416 e. The van der Waals surface area contributed by atoms with E-state index in [9.17, 15) is 18.0 Å². The van der Waals surface area contributed by atoms with Crippen molar-refractivity contribution in [3.8, 4) is 5.75 Å². The van der Waals surface area contributed by atoms with Crippen LogP contribution in [-0.4, -0.2) is 24.5 Å². The largest absolute Gasteiger partial charge is 0.497 e. The lowest BCUT2D eigenvalue weighted by molar-refractivity contribution is -0.137. The number of hydrogen-bond acceptors (Lipinski definition) is 2. The molecule has 2 aromatic rings. The average Bonchev–Trinajstić information content (AvgIpc) is 2.61. The van der Waals surface area contributed by atoms with Crippen molar-refractivity contribution < 1.29 is 22.7 Å². The van der Waals surface area contributed by atoms with E-state index in [1.165, 1.54) is 12.1 Å². The predicted molar refractivity (Wildman–Crippen MR) is 89.6 cm³/mol. The number of carbonyl (C=O) groups excluding carboxylic acids is 1. The van der Waals surface area contributed by atoms with Gasteiger partial charge in [0.2, 0.25) is 0 Å². The fourth-order valence-corrected chi connectivity index (χ4v) is 2.64. The molecule has 0 saturated heterocycles. The number of rotatable bonds is 5. The van der Waals surface area contributed by atoms with Crippen molar-refractivity contribution in [1.29, 1.82) is 0 Å². The summed E-state index contributed by atoms with van der Waals surface area (Å²) in [6, 6.07) is 11.4. The van der Waals surface area contributed by atoms with Crippen molar-refractivity contribution in [2.24, 2.45) is 0 Å². The van der Waals surface area contributed by atoms with Gasteiger partial charge in [0.15, 0.2) is 0 Å². The van der Waals surface area contributed by atoms with Gasteiger partial charge in [-0.15, -0.1) is 0 Å². The molecular formula is C19H20F3NO2. The molecule has 2 aromatic carbocycles. The Morgan fingerprint density at radius 2 is 1.80 bits per heavy atom. The van der Waals surface area contributed by atoms with E-state index in [1.807, 2.05) is 38.1 Å². The Morgan fingerprint density at radius 3 is 2.32 bits per heavy atom. The fourth-order valence-electron chi connectivity index (χ4n) is 2.64. The first kappa shape index (κ1) is 18.8. The number of alkyl halides is 3. The van der Waals surface area contributed by atoms with Crippen LogP contribution in [-0.2, 0) is 6.18 Å². The molecule has 1 amide bonds. The summed E-state index contributed by atoms with van der Waals surface area (Å²) in [5, 5.41) is 0. The molecule has 0 aliphatic heterocycles. The topological polar surface area (TPSA) is 29.5 Å². The summed E-state index contributed by atoms with van der Waals surface area (Å²) in [4.78, 5) is 14.3. The Kier molecular flexibility index (Phi) is 5.72. The molecule has 0 radical (unpaired) electrons. The maximum atomic E-state index is 12.7. The molecule has 0 aliphatic rings. The molecule has 0 spiro atoms. The lowest BCUT2D eigenvalue weighted by Crippen LogP contribution is -2.33. The van der Waals surface area contributed by atoms with Crippen LogP contribution in [0.15, 0.2) is 48.5 Å². The number of hydrogen-bond donors (Lipinski definition) is 0. The SMILES string of the molecule is CCN(C(=O)c1ccc(C(F)(F)F)cc1)C(C)c1cccc(OC)c1. The second-order valence-electron chi connectivity index (χ2n) is 5.62. The van der Waals surface area contributed by atoms with Crippen LogP contribution in [0.4, 0.5) is 13.2 Å². The van der Waals surface area contributed by atoms with Gasteiger partial charge in [0.25, 0.3) is 5.91 Å². The summed E-state index contributed by atoms with van der Waals surface area (Å²) in [5.41, 5.74) is 0.346. The third-order valence-corrected chi connectivity index (χ3v) is 4.10. The molecule has 1 unspecified atom stereocenters. The summed E-state index contributed by atoms with van der Waals surface area (Å²) in [6.07, 6.45) is -4.42.